The maximum absolute atomic E-state index is 13.8. The fourth-order valence-corrected chi connectivity index (χ4v) is 5.02. The van der Waals surface area contributed by atoms with Crippen LogP contribution in [0.3, 0.4) is 0 Å². The molecule has 0 fully saturated rings. The third-order valence-corrected chi connectivity index (χ3v) is 8.13. The Morgan fingerprint density at radius 1 is 1.29 bits per heavy atom. The van der Waals surface area contributed by atoms with Gasteiger partial charge in [0.2, 0.25) is 0 Å². The molecular formula is C27H35ClF3NO5S. The van der Waals surface area contributed by atoms with E-state index in [1.54, 1.807) is 25.3 Å². The summed E-state index contributed by atoms with van der Waals surface area (Å²) >= 11 is 7.12. The fraction of sp³-hybridized carbons (Fsp3) is 0.593. The first-order valence-corrected chi connectivity index (χ1v) is 13.7. The van der Waals surface area contributed by atoms with Crippen molar-refractivity contribution in [2.75, 3.05) is 0 Å². The smallest absolute Gasteiger partial charge is 0.412 e. The van der Waals surface area contributed by atoms with Crippen molar-refractivity contribution < 1.29 is 37.7 Å². The highest BCUT2D eigenvalue weighted by Crippen LogP contribution is 2.33. The Bertz CT molecular complexity index is 1080. The zero-order valence-electron chi connectivity index (χ0n) is 22.1. The maximum atomic E-state index is 13.8. The monoisotopic (exact) mass is 577 g/mol. The van der Waals surface area contributed by atoms with Crippen LogP contribution in [-0.2, 0) is 20.2 Å². The molecule has 0 spiro atoms. The second kappa shape index (κ2) is 13.4. The summed E-state index contributed by atoms with van der Waals surface area (Å²) < 4.78 is 46.9. The molecule has 2 heterocycles. The van der Waals surface area contributed by atoms with Gasteiger partial charge in [-0.1, -0.05) is 45.9 Å². The van der Waals surface area contributed by atoms with Gasteiger partial charge in [-0.15, -0.1) is 22.9 Å². The summed E-state index contributed by atoms with van der Waals surface area (Å²) in [5.74, 6) is -2.69. The van der Waals surface area contributed by atoms with Crippen LogP contribution in [0, 0.1) is 17.3 Å². The minimum Gasteiger partial charge on any atom is -0.457 e. The Balaban J connectivity index is 2.50. The number of aliphatic hydroxyl groups is 2. The molecule has 1 aromatic rings. The molecule has 212 valence electrons. The number of thiazole rings is 1. The fourth-order valence-electron chi connectivity index (χ4n) is 4.17. The minimum atomic E-state index is -4.63. The SMILES string of the molecule is C/C(=C\c1csc(CCl)n1)C1C/C=C(/C(F)(F)F)C/C=C/[C@H](C)[C@H](O)[C@@H](C)C(=O)C(C)(C)[C@@H](O)CC(=O)O1. The highest BCUT2D eigenvalue weighted by Gasteiger charge is 2.42. The van der Waals surface area contributed by atoms with Gasteiger partial charge >= 0.3 is 12.1 Å². The number of ketones is 1. The van der Waals surface area contributed by atoms with Gasteiger partial charge in [-0.05, 0) is 25.0 Å². The van der Waals surface area contributed by atoms with Crippen LogP contribution in [0.1, 0.15) is 64.6 Å². The van der Waals surface area contributed by atoms with E-state index in [1.165, 1.54) is 44.3 Å². The van der Waals surface area contributed by atoms with Crippen LogP contribution in [-0.4, -0.2) is 51.4 Å². The molecule has 1 aliphatic heterocycles. The number of carbonyl (C=O) groups excluding carboxylic acids is 2. The Hall–Kier alpha value is -2.01. The second-order valence-corrected chi connectivity index (χ2v) is 11.4. The number of allylic oxidation sites excluding steroid dienone is 2. The first-order valence-electron chi connectivity index (χ1n) is 12.3. The second-order valence-electron chi connectivity index (χ2n) is 10.2. The van der Waals surface area contributed by atoms with Crippen molar-refractivity contribution in [1.29, 1.82) is 0 Å². The molecule has 6 nitrogen and oxygen atoms in total. The van der Waals surface area contributed by atoms with Crippen molar-refractivity contribution >= 4 is 40.8 Å². The maximum Gasteiger partial charge on any atom is 0.412 e. The lowest BCUT2D eigenvalue weighted by molar-refractivity contribution is -0.154. The van der Waals surface area contributed by atoms with Crippen molar-refractivity contribution in [2.45, 2.75) is 84.2 Å². The van der Waals surface area contributed by atoms with Crippen LogP contribution in [0.25, 0.3) is 6.08 Å². The van der Waals surface area contributed by atoms with Crippen molar-refractivity contribution in [3.05, 3.63) is 45.5 Å². The van der Waals surface area contributed by atoms with E-state index in [-0.39, 0.29) is 12.3 Å². The molecule has 0 bridgehead atoms. The Morgan fingerprint density at radius 2 is 1.95 bits per heavy atom. The van der Waals surface area contributed by atoms with Crippen LogP contribution in [0.15, 0.2) is 34.8 Å². The van der Waals surface area contributed by atoms with Crippen LogP contribution < -0.4 is 0 Å². The van der Waals surface area contributed by atoms with Gasteiger partial charge in [0.15, 0.2) is 0 Å². The largest absolute Gasteiger partial charge is 0.457 e. The number of aromatic nitrogens is 1. The first kappa shape index (κ1) is 32.2. The Morgan fingerprint density at radius 3 is 2.53 bits per heavy atom. The predicted molar refractivity (Wildman–Crippen MR) is 141 cm³/mol. The molecule has 1 unspecified atom stereocenters. The molecule has 0 saturated heterocycles. The molecule has 0 aromatic carbocycles. The molecule has 5 atom stereocenters. The number of alkyl halides is 4. The summed E-state index contributed by atoms with van der Waals surface area (Å²) in [4.78, 5) is 30.3. The number of carbonyl (C=O) groups is 2. The quantitative estimate of drug-likeness (QED) is 0.259. The lowest BCUT2D eigenvalue weighted by Gasteiger charge is -2.34. The van der Waals surface area contributed by atoms with Gasteiger partial charge in [0, 0.05) is 29.2 Å². The van der Waals surface area contributed by atoms with E-state index in [9.17, 15) is 33.0 Å². The summed E-state index contributed by atoms with van der Waals surface area (Å²) in [6.45, 7) is 7.68. The van der Waals surface area contributed by atoms with Gasteiger partial charge in [-0.2, -0.15) is 13.2 Å². The average molecular weight is 578 g/mol. The third kappa shape index (κ3) is 8.49. The Kier molecular flexibility index (Phi) is 11.3. The third-order valence-electron chi connectivity index (χ3n) is 6.85. The van der Waals surface area contributed by atoms with Gasteiger partial charge in [0.05, 0.1) is 35.6 Å². The molecule has 2 rings (SSSR count). The summed E-state index contributed by atoms with van der Waals surface area (Å²) in [6, 6.07) is 0. The molecule has 0 aliphatic carbocycles. The van der Waals surface area contributed by atoms with Gasteiger partial charge < -0.3 is 14.9 Å². The molecule has 0 radical (unpaired) electrons. The molecule has 2 N–H and O–H groups in total. The van der Waals surface area contributed by atoms with E-state index < -0.39 is 71.9 Å². The Labute approximate surface area is 230 Å². The topological polar surface area (TPSA) is 96.7 Å². The lowest BCUT2D eigenvalue weighted by atomic mass is 9.73. The van der Waals surface area contributed by atoms with Gasteiger partial charge in [-0.3, -0.25) is 9.59 Å². The number of rotatable bonds is 3. The van der Waals surface area contributed by atoms with Crippen molar-refractivity contribution in [1.82, 2.24) is 4.98 Å². The predicted octanol–water partition coefficient (Wildman–Crippen LogP) is 6.02. The zero-order valence-corrected chi connectivity index (χ0v) is 23.7. The van der Waals surface area contributed by atoms with Crippen LogP contribution in [0.5, 0.6) is 0 Å². The lowest BCUT2D eigenvalue weighted by Crippen LogP contribution is -2.45. The normalized spacial score (nSPS) is 30.9. The minimum absolute atomic E-state index is 0.210. The number of nitrogens with zero attached hydrogens (tertiary/aromatic N) is 1. The van der Waals surface area contributed by atoms with Crippen LogP contribution >= 0.6 is 22.9 Å². The van der Waals surface area contributed by atoms with Crippen molar-refractivity contribution in [3.8, 4) is 0 Å². The van der Waals surface area contributed by atoms with E-state index >= 15 is 0 Å². The number of hydrogen-bond acceptors (Lipinski definition) is 7. The number of ether oxygens (including phenoxy) is 1. The van der Waals surface area contributed by atoms with E-state index in [0.29, 0.717) is 16.3 Å². The van der Waals surface area contributed by atoms with Gasteiger partial charge in [0.25, 0.3) is 0 Å². The number of Topliss-reactive ketones (excluding diaryl/α,β-unsaturated/α-hetero) is 1. The number of esters is 1. The van der Waals surface area contributed by atoms with E-state index in [1.807, 2.05) is 0 Å². The number of hydrogen-bond donors (Lipinski definition) is 2. The number of cyclic esters (lactones) is 1. The standard InChI is InChI=1S/C27H35ClF3NO5S/c1-15-7-6-8-18(27(29,30)31)9-10-20(16(2)11-19-14-38-22(13-28)32-19)37-23(34)12-21(33)26(4,5)25(36)17(3)24(15)35/h6-7,9,11,14-15,17,20-21,24,33,35H,8,10,12-13H2,1-5H3/b7-6+,16-11+,18-9+/t15-,17+,20?,21-,24-/m0/s1. The summed E-state index contributed by atoms with van der Waals surface area (Å²) in [5.41, 5.74) is -1.24. The summed E-state index contributed by atoms with van der Waals surface area (Å²) in [6.07, 6.45) is -4.24. The summed E-state index contributed by atoms with van der Waals surface area (Å²) in [7, 11) is 0. The van der Waals surface area contributed by atoms with Gasteiger partial charge in [0.1, 0.15) is 16.9 Å². The van der Waals surface area contributed by atoms with Crippen LogP contribution in [0.4, 0.5) is 13.2 Å². The molecule has 11 heteroatoms. The van der Waals surface area contributed by atoms with E-state index in [0.717, 1.165) is 6.08 Å². The molecule has 0 amide bonds. The zero-order chi connectivity index (χ0) is 28.8. The number of aliphatic hydroxyl groups excluding tert-OH is 2. The summed E-state index contributed by atoms with van der Waals surface area (Å²) in [5, 5.41) is 23.8. The first-order chi connectivity index (χ1) is 17.6. The van der Waals surface area contributed by atoms with Crippen molar-refractivity contribution in [2.24, 2.45) is 17.3 Å². The molecule has 38 heavy (non-hydrogen) atoms. The van der Waals surface area contributed by atoms with Crippen LogP contribution in [0.2, 0.25) is 0 Å². The average Bonchev–Trinajstić information content (AvgIpc) is 3.29. The highest BCUT2D eigenvalue weighted by atomic mass is 35.5. The van der Waals surface area contributed by atoms with E-state index in [4.69, 9.17) is 16.3 Å². The molecule has 0 saturated carbocycles. The highest BCUT2D eigenvalue weighted by molar-refractivity contribution is 7.09. The molecule has 1 aromatic heterocycles. The van der Waals surface area contributed by atoms with Crippen molar-refractivity contribution in [3.63, 3.8) is 0 Å². The molecular weight excluding hydrogens is 543 g/mol. The van der Waals surface area contributed by atoms with E-state index in [2.05, 4.69) is 4.98 Å². The number of halogens is 4. The van der Waals surface area contributed by atoms with Gasteiger partial charge in [-0.25, -0.2) is 4.98 Å². The molecule has 1 aliphatic rings.